The largest absolute Gasteiger partial charge is 0.428 e. The standard InChI is InChI=1S/C9H13NOS/c1-2-3-5-8-6-4-7-10(11)9(8)12/h4,6-7,11H,2-3,5H2,1H3. The van der Waals surface area contributed by atoms with Gasteiger partial charge >= 0.3 is 0 Å². The van der Waals surface area contributed by atoms with Gasteiger partial charge in [0.25, 0.3) is 0 Å². The van der Waals surface area contributed by atoms with E-state index in [1.54, 1.807) is 12.3 Å². The second-order valence-corrected chi connectivity index (χ2v) is 3.17. The van der Waals surface area contributed by atoms with Crippen LogP contribution in [0.15, 0.2) is 18.3 Å². The lowest BCUT2D eigenvalue weighted by atomic mass is 10.1. The number of hydrogen-bond acceptors (Lipinski definition) is 2. The summed E-state index contributed by atoms with van der Waals surface area (Å²) in [5.74, 6) is 0. The molecule has 0 aliphatic heterocycles. The number of aromatic nitrogens is 1. The Labute approximate surface area is 77.4 Å². The van der Waals surface area contributed by atoms with E-state index in [4.69, 9.17) is 12.2 Å². The first kappa shape index (κ1) is 9.26. The number of pyridine rings is 1. The molecule has 1 rings (SSSR count). The molecule has 0 aromatic carbocycles. The summed E-state index contributed by atoms with van der Waals surface area (Å²) in [4.78, 5) is 0. The zero-order valence-corrected chi connectivity index (χ0v) is 7.97. The summed E-state index contributed by atoms with van der Waals surface area (Å²) in [6, 6.07) is 3.77. The molecule has 0 radical (unpaired) electrons. The highest BCUT2D eigenvalue weighted by Gasteiger charge is 1.96. The molecule has 3 heteroatoms. The lowest BCUT2D eigenvalue weighted by Gasteiger charge is -2.02. The zero-order valence-electron chi connectivity index (χ0n) is 7.16. The molecule has 1 aromatic heterocycles. The lowest BCUT2D eigenvalue weighted by molar-refractivity contribution is 0.179. The van der Waals surface area contributed by atoms with Crippen LogP contribution in [0, 0.1) is 4.64 Å². The first-order valence-electron chi connectivity index (χ1n) is 4.15. The van der Waals surface area contributed by atoms with Crippen LogP contribution in [0.1, 0.15) is 25.3 Å². The van der Waals surface area contributed by atoms with Crippen molar-refractivity contribution in [2.24, 2.45) is 0 Å². The van der Waals surface area contributed by atoms with Crippen LogP contribution >= 0.6 is 12.2 Å². The van der Waals surface area contributed by atoms with E-state index in [1.807, 2.05) is 6.07 Å². The van der Waals surface area contributed by atoms with Crippen LogP contribution in [-0.2, 0) is 6.42 Å². The second kappa shape index (κ2) is 4.26. The molecule has 0 fully saturated rings. The predicted molar refractivity (Wildman–Crippen MR) is 51.1 cm³/mol. The quantitative estimate of drug-likeness (QED) is 0.576. The molecule has 0 saturated carbocycles. The molecular weight excluding hydrogens is 170 g/mol. The third-order valence-corrected chi connectivity index (χ3v) is 2.26. The molecule has 0 saturated heterocycles. The van der Waals surface area contributed by atoms with E-state index in [2.05, 4.69) is 6.92 Å². The fourth-order valence-corrected chi connectivity index (χ4v) is 1.32. The molecule has 0 aliphatic rings. The molecule has 0 amide bonds. The van der Waals surface area contributed by atoms with E-state index in [-0.39, 0.29) is 0 Å². The highest BCUT2D eigenvalue weighted by Crippen LogP contribution is 2.06. The maximum Gasteiger partial charge on any atom is 0.145 e. The van der Waals surface area contributed by atoms with Gasteiger partial charge in [0.15, 0.2) is 0 Å². The summed E-state index contributed by atoms with van der Waals surface area (Å²) in [7, 11) is 0. The highest BCUT2D eigenvalue weighted by molar-refractivity contribution is 7.71. The maximum atomic E-state index is 9.21. The van der Waals surface area contributed by atoms with E-state index < -0.39 is 0 Å². The molecule has 2 nitrogen and oxygen atoms in total. The van der Waals surface area contributed by atoms with Gasteiger partial charge in [-0.25, -0.2) is 0 Å². The Kier molecular flexibility index (Phi) is 3.29. The Morgan fingerprint density at radius 3 is 3.00 bits per heavy atom. The minimum atomic E-state index is 0.533. The van der Waals surface area contributed by atoms with Crippen molar-refractivity contribution in [1.82, 2.24) is 4.73 Å². The molecule has 1 heterocycles. The van der Waals surface area contributed by atoms with Crippen molar-refractivity contribution in [2.45, 2.75) is 26.2 Å². The van der Waals surface area contributed by atoms with Crippen molar-refractivity contribution < 1.29 is 5.21 Å². The average Bonchev–Trinajstić information content (AvgIpc) is 2.08. The Bertz CT molecular complexity index is 306. The van der Waals surface area contributed by atoms with Gasteiger partial charge in [-0.3, -0.25) is 0 Å². The summed E-state index contributed by atoms with van der Waals surface area (Å²) in [6.07, 6.45) is 4.78. The van der Waals surface area contributed by atoms with Crippen molar-refractivity contribution in [3.63, 3.8) is 0 Å². The normalized spacial score (nSPS) is 10.1. The Morgan fingerprint density at radius 2 is 2.33 bits per heavy atom. The number of nitrogens with zero attached hydrogens (tertiary/aromatic N) is 1. The van der Waals surface area contributed by atoms with Gasteiger partial charge in [-0.15, -0.1) is 0 Å². The molecule has 0 atom stereocenters. The molecule has 0 bridgehead atoms. The summed E-state index contributed by atoms with van der Waals surface area (Å²) < 4.78 is 1.53. The van der Waals surface area contributed by atoms with Gasteiger partial charge in [0.1, 0.15) is 4.64 Å². The van der Waals surface area contributed by atoms with Crippen LogP contribution in [0.3, 0.4) is 0 Å². The summed E-state index contributed by atoms with van der Waals surface area (Å²) in [5.41, 5.74) is 1.05. The van der Waals surface area contributed by atoms with Crippen LogP contribution in [0.5, 0.6) is 0 Å². The smallest absolute Gasteiger partial charge is 0.145 e. The first-order chi connectivity index (χ1) is 5.75. The van der Waals surface area contributed by atoms with E-state index in [1.165, 1.54) is 0 Å². The molecule has 66 valence electrons. The van der Waals surface area contributed by atoms with E-state index in [9.17, 15) is 5.21 Å². The molecule has 0 aliphatic carbocycles. The molecule has 0 spiro atoms. The van der Waals surface area contributed by atoms with E-state index >= 15 is 0 Å². The van der Waals surface area contributed by atoms with Crippen molar-refractivity contribution in [3.05, 3.63) is 28.5 Å². The van der Waals surface area contributed by atoms with E-state index in [0.717, 1.165) is 29.6 Å². The van der Waals surface area contributed by atoms with Gasteiger partial charge in [-0.05, 0) is 24.5 Å². The fourth-order valence-electron chi connectivity index (χ4n) is 1.08. The van der Waals surface area contributed by atoms with Gasteiger partial charge < -0.3 is 5.21 Å². The van der Waals surface area contributed by atoms with Crippen LogP contribution in [0.4, 0.5) is 0 Å². The van der Waals surface area contributed by atoms with Crippen LogP contribution in [0.25, 0.3) is 0 Å². The number of hydrogen-bond donors (Lipinski definition) is 1. The third-order valence-electron chi connectivity index (χ3n) is 1.81. The van der Waals surface area contributed by atoms with Crippen LogP contribution < -0.4 is 0 Å². The van der Waals surface area contributed by atoms with Crippen LogP contribution in [0.2, 0.25) is 0 Å². The Hall–Kier alpha value is -0.830. The summed E-state index contributed by atoms with van der Waals surface area (Å²) in [5, 5.41) is 9.21. The van der Waals surface area contributed by atoms with Crippen molar-refractivity contribution in [1.29, 1.82) is 0 Å². The van der Waals surface area contributed by atoms with Gasteiger partial charge in [-0.1, -0.05) is 31.6 Å². The third kappa shape index (κ3) is 2.08. The average molecular weight is 183 g/mol. The summed E-state index contributed by atoms with van der Waals surface area (Å²) in [6.45, 7) is 2.14. The SMILES string of the molecule is CCCCc1cccn(O)c1=S. The van der Waals surface area contributed by atoms with Gasteiger partial charge in [0, 0.05) is 6.20 Å². The first-order valence-corrected chi connectivity index (χ1v) is 4.56. The maximum absolute atomic E-state index is 9.21. The van der Waals surface area contributed by atoms with Gasteiger partial charge in [0.05, 0.1) is 0 Å². The van der Waals surface area contributed by atoms with Gasteiger partial charge in [-0.2, -0.15) is 4.73 Å². The second-order valence-electron chi connectivity index (χ2n) is 2.79. The number of aryl methyl sites for hydroxylation is 1. The predicted octanol–water partition coefficient (Wildman–Crippen LogP) is 2.80. The highest BCUT2D eigenvalue weighted by atomic mass is 32.1. The van der Waals surface area contributed by atoms with Gasteiger partial charge in [0.2, 0.25) is 0 Å². The molecule has 1 aromatic rings. The fraction of sp³-hybridized carbons (Fsp3) is 0.444. The monoisotopic (exact) mass is 183 g/mol. The Morgan fingerprint density at radius 1 is 1.58 bits per heavy atom. The lowest BCUT2D eigenvalue weighted by Crippen LogP contribution is -1.97. The number of rotatable bonds is 3. The van der Waals surface area contributed by atoms with Crippen molar-refractivity contribution in [2.75, 3.05) is 0 Å². The Balaban J connectivity index is 2.85. The van der Waals surface area contributed by atoms with Crippen molar-refractivity contribution in [3.8, 4) is 0 Å². The molecule has 12 heavy (non-hydrogen) atoms. The number of unbranched alkanes of at least 4 members (excludes halogenated alkanes) is 1. The van der Waals surface area contributed by atoms with Crippen molar-refractivity contribution >= 4 is 12.2 Å². The molecule has 0 unspecified atom stereocenters. The zero-order chi connectivity index (χ0) is 8.97. The minimum absolute atomic E-state index is 0.533. The molecular formula is C9H13NOS. The van der Waals surface area contributed by atoms with E-state index in [0.29, 0.717) is 4.64 Å². The summed E-state index contributed by atoms with van der Waals surface area (Å²) >= 11 is 5.02. The van der Waals surface area contributed by atoms with Crippen LogP contribution in [-0.4, -0.2) is 9.94 Å². The topological polar surface area (TPSA) is 25.2 Å². The minimum Gasteiger partial charge on any atom is -0.428 e. The molecule has 1 N–H and O–H groups in total.